The molecule has 170 valence electrons. The Morgan fingerprint density at radius 3 is 2.70 bits per heavy atom. The summed E-state index contributed by atoms with van der Waals surface area (Å²) >= 11 is 7.31. The third-order valence-electron chi connectivity index (χ3n) is 5.20. The topological polar surface area (TPSA) is 90.1 Å². The number of aromatic nitrogens is 1. The first-order valence-corrected chi connectivity index (χ1v) is 11.4. The van der Waals surface area contributed by atoms with Crippen LogP contribution in [0.5, 0.6) is 11.5 Å². The molecular formula is C24H21ClN2O5S. The quantitative estimate of drug-likeness (QED) is 0.562. The lowest BCUT2D eigenvalue weighted by atomic mass is 9.96. The predicted molar refractivity (Wildman–Crippen MR) is 127 cm³/mol. The first-order valence-electron chi connectivity index (χ1n) is 10.2. The van der Waals surface area contributed by atoms with Gasteiger partial charge in [-0.2, -0.15) is 0 Å². The fourth-order valence-corrected chi connectivity index (χ4v) is 4.99. The zero-order valence-corrected chi connectivity index (χ0v) is 19.7. The van der Waals surface area contributed by atoms with E-state index in [0.717, 1.165) is 5.56 Å². The molecule has 1 aliphatic heterocycles. The van der Waals surface area contributed by atoms with Crippen LogP contribution in [0.3, 0.4) is 0 Å². The number of carbonyl (C=O) groups is 1. The lowest BCUT2D eigenvalue weighted by Crippen LogP contribution is -2.39. The molecule has 2 heterocycles. The Bertz CT molecular complexity index is 1440. The van der Waals surface area contributed by atoms with Crippen LogP contribution in [-0.2, 0) is 9.53 Å². The molecule has 4 rings (SSSR count). The van der Waals surface area contributed by atoms with E-state index in [0.29, 0.717) is 26.2 Å². The molecule has 1 N–H and O–H groups in total. The van der Waals surface area contributed by atoms with Gasteiger partial charge >= 0.3 is 5.97 Å². The number of methoxy groups -OCH3 is 1. The second-order valence-corrected chi connectivity index (χ2v) is 8.68. The highest BCUT2D eigenvalue weighted by Crippen LogP contribution is 2.35. The van der Waals surface area contributed by atoms with Crippen molar-refractivity contribution in [2.45, 2.75) is 19.9 Å². The van der Waals surface area contributed by atoms with Crippen LogP contribution in [0.4, 0.5) is 0 Å². The summed E-state index contributed by atoms with van der Waals surface area (Å²) in [6, 6.07) is 11.8. The molecule has 0 spiro atoms. The van der Waals surface area contributed by atoms with Crippen molar-refractivity contribution in [3.8, 4) is 11.5 Å². The van der Waals surface area contributed by atoms with Gasteiger partial charge in [0, 0.05) is 0 Å². The van der Waals surface area contributed by atoms with Crippen molar-refractivity contribution in [1.82, 2.24) is 4.57 Å². The van der Waals surface area contributed by atoms with Crippen LogP contribution in [0.2, 0.25) is 5.02 Å². The van der Waals surface area contributed by atoms with E-state index >= 15 is 0 Å². The third-order valence-corrected chi connectivity index (χ3v) is 6.47. The number of hydrogen-bond donors (Lipinski definition) is 1. The summed E-state index contributed by atoms with van der Waals surface area (Å²) in [6.07, 6.45) is 1.66. The Morgan fingerprint density at radius 1 is 1.30 bits per heavy atom. The molecule has 0 bridgehead atoms. The number of halogens is 1. The Kier molecular flexibility index (Phi) is 6.40. The highest BCUT2D eigenvalue weighted by atomic mass is 35.5. The van der Waals surface area contributed by atoms with Crippen LogP contribution < -0.4 is 19.6 Å². The molecule has 1 aliphatic rings. The number of phenols is 1. The number of benzene rings is 2. The Labute approximate surface area is 198 Å². The van der Waals surface area contributed by atoms with Crippen LogP contribution in [0.1, 0.15) is 31.0 Å². The minimum Gasteiger partial charge on any atom is -0.503 e. The second kappa shape index (κ2) is 9.25. The molecule has 0 saturated carbocycles. The molecule has 0 saturated heterocycles. The van der Waals surface area contributed by atoms with Gasteiger partial charge in [0.15, 0.2) is 16.3 Å². The van der Waals surface area contributed by atoms with Gasteiger partial charge in [-0.15, -0.1) is 0 Å². The maximum atomic E-state index is 13.5. The summed E-state index contributed by atoms with van der Waals surface area (Å²) in [4.78, 5) is 31.4. The number of carbonyl (C=O) groups excluding carboxylic acids is 1. The van der Waals surface area contributed by atoms with Gasteiger partial charge in [-0.3, -0.25) is 9.36 Å². The highest BCUT2D eigenvalue weighted by Gasteiger charge is 2.33. The van der Waals surface area contributed by atoms with Crippen molar-refractivity contribution in [2.24, 2.45) is 4.99 Å². The van der Waals surface area contributed by atoms with Crippen LogP contribution in [-0.4, -0.2) is 29.4 Å². The molecule has 3 aromatic rings. The summed E-state index contributed by atoms with van der Waals surface area (Å²) < 4.78 is 12.4. The summed E-state index contributed by atoms with van der Waals surface area (Å²) in [6.45, 7) is 3.69. The fraction of sp³-hybridized carbons (Fsp3) is 0.208. The van der Waals surface area contributed by atoms with Gasteiger partial charge in [0.1, 0.15) is 0 Å². The lowest BCUT2D eigenvalue weighted by Gasteiger charge is -2.24. The summed E-state index contributed by atoms with van der Waals surface area (Å²) in [5, 5.41) is 10.1. The van der Waals surface area contributed by atoms with Gasteiger partial charge in [-0.05, 0) is 43.2 Å². The molecule has 0 aliphatic carbocycles. The van der Waals surface area contributed by atoms with E-state index in [1.54, 1.807) is 32.1 Å². The van der Waals surface area contributed by atoms with Crippen molar-refractivity contribution in [1.29, 1.82) is 0 Å². The predicted octanol–water partition coefficient (Wildman–Crippen LogP) is 3.17. The van der Waals surface area contributed by atoms with Gasteiger partial charge in [0.25, 0.3) is 5.56 Å². The fourth-order valence-electron chi connectivity index (χ4n) is 3.73. The van der Waals surface area contributed by atoms with E-state index in [-0.39, 0.29) is 28.7 Å². The minimum absolute atomic E-state index is 0.107. The molecule has 0 radical (unpaired) electrons. The molecule has 1 atom stereocenters. The molecule has 7 nitrogen and oxygen atoms in total. The summed E-state index contributed by atoms with van der Waals surface area (Å²) in [5.41, 5.74) is 1.89. The zero-order valence-electron chi connectivity index (χ0n) is 18.2. The lowest BCUT2D eigenvalue weighted by molar-refractivity contribution is -0.139. The van der Waals surface area contributed by atoms with E-state index in [2.05, 4.69) is 4.99 Å². The highest BCUT2D eigenvalue weighted by molar-refractivity contribution is 7.07. The van der Waals surface area contributed by atoms with Crippen molar-refractivity contribution in [3.05, 3.63) is 89.6 Å². The standard InChI is InChI=1S/C24H21ClN2O5S/c1-4-32-23(30)19-13(2)26-24-27(20(19)15-8-6-5-7-9-15)22(29)18(33-24)12-14-10-16(25)21(28)17(11-14)31-3/h5-12,20,28H,4H2,1-3H3/b18-12+/t20-/m0/s1. The maximum absolute atomic E-state index is 13.5. The van der Waals surface area contributed by atoms with E-state index < -0.39 is 12.0 Å². The third kappa shape index (κ3) is 4.19. The molecule has 2 aromatic carbocycles. The maximum Gasteiger partial charge on any atom is 0.338 e. The number of nitrogens with zero attached hydrogens (tertiary/aromatic N) is 2. The molecule has 0 amide bonds. The molecule has 33 heavy (non-hydrogen) atoms. The normalized spacial score (nSPS) is 15.8. The van der Waals surface area contributed by atoms with E-state index in [4.69, 9.17) is 21.1 Å². The van der Waals surface area contributed by atoms with Gasteiger partial charge < -0.3 is 14.6 Å². The number of thiazole rings is 1. The van der Waals surface area contributed by atoms with Gasteiger partial charge in [-0.1, -0.05) is 53.3 Å². The average molecular weight is 485 g/mol. The molecule has 0 unspecified atom stereocenters. The Balaban J connectivity index is 1.95. The number of phenolic OH excluding ortho intramolecular Hbond substituents is 1. The van der Waals surface area contributed by atoms with Crippen LogP contribution in [0.15, 0.2) is 63.5 Å². The van der Waals surface area contributed by atoms with Gasteiger partial charge in [0.2, 0.25) is 0 Å². The van der Waals surface area contributed by atoms with Gasteiger partial charge in [0.05, 0.1) is 40.6 Å². The smallest absolute Gasteiger partial charge is 0.338 e. The number of esters is 1. The van der Waals surface area contributed by atoms with E-state index in [1.165, 1.54) is 23.0 Å². The van der Waals surface area contributed by atoms with Crippen molar-refractivity contribution in [3.63, 3.8) is 0 Å². The average Bonchev–Trinajstić information content (AvgIpc) is 3.10. The Hall–Kier alpha value is -3.36. The number of hydrogen-bond acceptors (Lipinski definition) is 7. The van der Waals surface area contributed by atoms with Crippen LogP contribution in [0.25, 0.3) is 6.08 Å². The summed E-state index contributed by atoms with van der Waals surface area (Å²) in [5.74, 6) is -0.474. The number of allylic oxidation sites excluding steroid dienone is 1. The number of rotatable bonds is 5. The van der Waals surface area contributed by atoms with Crippen LogP contribution >= 0.6 is 22.9 Å². The minimum atomic E-state index is -0.665. The first-order chi connectivity index (χ1) is 15.8. The van der Waals surface area contributed by atoms with E-state index in [9.17, 15) is 14.7 Å². The Morgan fingerprint density at radius 2 is 2.03 bits per heavy atom. The van der Waals surface area contributed by atoms with Gasteiger partial charge in [-0.25, -0.2) is 9.79 Å². The number of aromatic hydroxyl groups is 1. The van der Waals surface area contributed by atoms with Crippen LogP contribution in [0, 0.1) is 0 Å². The number of fused-ring (bicyclic) bond motifs is 1. The second-order valence-electron chi connectivity index (χ2n) is 7.27. The van der Waals surface area contributed by atoms with Crippen molar-refractivity contribution >= 4 is 35.0 Å². The van der Waals surface area contributed by atoms with E-state index in [1.807, 2.05) is 30.3 Å². The zero-order chi connectivity index (χ0) is 23.7. The first kappa shape index (κ1) is 22.8. The molecule has 0 fully saturated rings. The number of ether oxygens (including phenoxy) is 2. The molecular weight excluding hydrogens is 464 g/mol. The SMILES string of the molecule is CCOC(=O)C1=C(C)N=c2s/c(=C/c3cc(Cl)c(O)c(OC)c3)c(=O)n2[C@H]1c1ccccc1. The monoisotopic (exact) mass is 484 g/mol. The van der Waals surface area contributed by atoms with Crippen molar-refractivity contribution < 1.29 is 19.4 Å². The van der Waals surface area contributed by atoms with Crippen molar-refractivity contribution in [2.75, 3.05) is 13.7 Å². The molecule has 9 heteroatoms. The molecule has 1 aromatic heterocycles. The summed E-state index contributed by atoms with van der Waals surface area (Å²) in [7, 11) is 1.42. The largest absolute Gasteiger partial charge is 0.503 e.